The molecule has 1 atom stereocenters. The Morgan fingerprint density at radius 1 is 1.37 bits per heavy atom. The van der Waals surface area contributed by atoms with Gasteiger partial charge in [0.2, 0.25) is 5.91 Å². The maximum absolute atomic E-state index is 11.7. The molecule has 5 heteroatoms. The standard InChI is InChI=1S/C14H17N3OS/c1-2-3-9-12-13(18)16-14(19-12)17-15-10-11-7-5-4-6-8-11/h4-8,10,12H,2-3,9H2,1H3,(H,16,17,18). The van der Waals surface area contributed by atoms with Crippen LogP contribution < -0.4 is 5.32 Å². The van der Waals surface area contributed by atoms with Crippen LogP contribution in [0.3, 0.4) is 0 Å². The quantitative estimate of drug-likeness (QED) is 0.663. The van der Waals surface area contributed by atoms with E-state index >= 15 is 0 Å². The first-order chi connectivity index (χ1) is 9.29. The van der Waals surface area contributed by atoms with Crippen LogP contribution >= 0.6 is 11.8 Å². The third-order valence-electron chi connectivity index (χ3n) is 2.75. The molecular formula is C14H17N3OS. The van der Waals surface area contributed by atoms with E-state index in [0.717, 1.165) is 24.8 Å². The highest BCUT2D eigenvalue weighted by Crippen LogP contribution is 2.23. The van der Waals surface area contributed by atoms with Gasteiger partial charge in [-0.1, -0.05) is 61.9 Å². The Balaban J connectivity index is 1.91. The average Bonchev–Trinajstić information content (AvgIpc) is 2.78. The normalized spacial score (nSPS) is 21.2. The Morgan fingerprint density at radius 3 is 2.89 bits per heavy atom. The fourth-order valence-electron chi connectivity index (χ4n) is 1.72. The molecule has 1 unspecified atom stereocenters. The number of hydrogen-bond acceptors (Lipinski definition) is 4. The number of amides is 1. The molecule has 0 spiro atoms. The fourth-order valence-corrected chi connectivity index (χ4v) is 2.69. The van der Waals surface area contributed by atoms with Crippen LogP contribution in [0.1, 0.15) is 31.7 Å². The molecule has 1 aromatic carbocycles. The molecule has 1 saturated heterocycles. The third kappa shape index (κ3) is 4.21. The molecule has 1 heterocycles. The first-order valence-electron chi connectivity index (χ1n) is 6.43. The summed E-state index contributed by atoms with van der Waals surface area (Å²) in [5, 5.41) is 11.4. The van der Waals surface area contributed by atoms with Gasteiger partial charge in [0.05, 0.1) is 11.5 Å². The predicted molar refractivity (Wildman–Crippen MR) is 80.5 cm³/mol. The minimum atomic E-state index is -0.00868. The summed E-state index contributed by atoms with van der Waals surface area (Å²) < 4.78 is 0. The maximum Gasteiger partial charge on any atom is 0.239 e. The van der Waals surface area contributed by atoms with Crippen molar-refractivity contribution in [1.29, 1.82) is 0 Å². The fraction of sp³-hybridized carbons (Fsp3) is 0.357. The molecule has 1 fully saturated rings. The molecule has 1 amide bonds. The predicted octanol–water partition coefficient (Wildman–Crippen LogP) is 2.80. The molecule has 0 radical (unpaired) electrons. The number of rotatable bonds is 5. The summed E-state index contributed by atoms with van der Waals surface area (Å²) in [4.78, 5) is 11.7. The summed E-state index contributed by atoms with van der Waals surface area (Å²) in [6, 6.07) is 9.75. The molecule has 4 nitrogen and oxygen atoms in total. The van der Waals surface area contributed by atoms with Crippen LogP contribution in [-0.4, -0.2) is 22.5 Å². The van der Waals surface area contributed by atoms with Crippen LogP contribution in [0.25, 0.3) is 0 Å². The van der Waals surface area contributed by atoms with Gasteiger partial charge in [-0.15, -0.1) is 5.10 Å². The Labute approximate surface area is 117 Å². The summed E-state index contributed by atoms with van der Waals surface area (Å²) in [6.07, 6.45) is 4.74. The zero-order chi connectivity index (χ0) is 13.5. The molecule has 1 aromatic rings. The number of thioether (sulfide) groups is 1. The molecule has 0 bridgehead atoms. The SMILES string of the molecule is CCCCC1S/C(=N/N=Cc2ccccc2)NC1=O. The number of carbonyl (C=O) groups is 1. The molecule has 100 valence electrons. The first-order valence-corrected chi connectivity index (χ1v) is 7.31. The van der Waals surface area contributed by atoms with Crippen LogP contribution in [0.4, 0.5) is 0 Å². The number of nitrogens with zero attached hydrogens (tertiary/aromatic N) is 2. The molecule has 1 N–H and O–H groups in total. The van der Waals surface area contributed by atoms with Gasteiger partial charge >= 0.3 is 0 Å². The number of nitrogens with one attached hydrogen (secondary N) is 1. The van der Waals surface area contributed by atoms with E-state index in [4.69, 9.17) is 0 Å². The second-order valence-corrected chi connectivity index (χ2v) is 5.49. The summed E-state index contributed by atoms with van der Waals surface area (Å²) in [5.41, 5.74) is 0.990. The lowest BCUT2D eigenvalue weighted by molar-refractivity contribution is -0.118. The summed E-state index contributed by atoms with van der Waals surface area (Å²) in [5.74, 6) is 0.0483. The monoisotopic (exact) mass is 275 g/mol. The maximum atomic E-state index is 11.7. The Morgan fingerprint density at radius 2 is 2.16 bits per heavy atom. The van der Waals surface area contributed by atoms with Gasteiger partial charge in [0, 0.05) is 0 Å². The van der Waals surface area contributed by atoms with Crippen molar-refractivity contribution >= 4 is 29.1 Å². The van der Waals surface area contributed by atoms with Crippen molar-refractivity contribution in [3.05, 3.63) is 35.9 Å². The van der Waals surface area contributed by atoms with Gasteiger partial charge in [0.1, 0.15) is 0 Å². The van der Waals surface area contributed by atoms with E-state index in [9.17, 15) is 4.79 Å². The van der Waals surface area contributed by atoms with Gasteiger partial charge in [-0.05, 0) is 12.0 Å². The Kier molecular flexibility index (Phi) is 5.15. The second-order valence-electron chi connectivity index (χ2n) is 4.30. The summed E-state index contributed by atoms with van der Waals surface area (Å²) in [7, 11) is 0. The zero-order valence-electron chi connectivity index (χ0n) is 10.9. The van der Waals surface area contributed by atoms with Crippen molar-refractivity contribution in [2.45, 2.75) is 31.4 Å². The van der Waals surface area contributed by atoms with Crippen LogP contribution in [0.15, 0.2) is 40.5 Å². The third-order valence-corrected chi connectivity index (χ3v) is 3.89. The van der Waals surface area contributed by atoms with E-state index in [0.29, 0.717) is 5.17 Å². The number of benzene rings is 1. The minimum Gasteiger partial charge on any atom is -0.303 e. The minimum absolute atomic E-state index is 0.00868. The molecule has 19 heavy (non-hydrogen) atoms. The zero-order valence-corrected chi connectivity index (χ0v) is 11.7. The van der Waals surface area contributed by atoms with Crippen molar-refractivity contribution in [1.82, 2.24) is 5.32 Å². The lowest BCUT2D eigenvalue weighted by Gasteiger charge is -2.01. The van der Waals surface area contributed by atoms with Crippen LogP contribution in [-0.2, 0) is 4.79 Å². The van der Waals surface area contributed by atoms with E-state index in [1.807, 2.05) is 30.3 Å². The number of hydrogen-bond donors (Lipinski definition) is 1. The Bertz CT molecular complexity index is 485. The average molecular weight is 275 g/mol. The summed E-state index contributed by atoms with van der Waals surface area (Å²) in [6.45, 7) is 2.12. The lowest BCUT2D eigenvalue weighted by Crippen LogP contribution is -2.24. The largest absolute Gasteiger partial charge is 0.303 e. The van der Waals surface area contributed by atoms with Crippen LogP contribution in [0.5, 0.6) is 0 Å². The van der Waals surface area contributed by atoms with Crippen molar-refractivity contribution in [2.75, 3.05) is 0 Å². The first kappa shape index (κ1) is 13.8. The van der Waals surface area contributed by atoms with Gasteiger partial charge in [0.15, 0.2) is 5.17 Å². The highest BCUT2D eigenvalue weighted by Gasteiger charge is 2.29. The van der Waals surface area contributed by atoms with Gasteiger partial charge in [0.25, 0.3) is 0 Å². The topological polar surface area (TPSA) is 53.8 Å². The van der Waals surface area contributed by atoms with Gasteiger partial charge in [-0.3, -0.25) is 4.79 Å². The van der Waals surface area contributed by atoms with E-state index < -0.39 is 0 Å². The summed E-state index contributed by atoms with van der Waals surface area (Å²) >= 11 is 1.47. The van der Waals surface area contributed by atoms with Crippen molar-refractivity contribution in [2.24, 2.45) is 10.2 Å². The highest BCUT2D eigenvalue weighted by molar-refractivity contribution is 8.15. The van der Waals surface area contributed by atoms with E-state index in [1.165, 1.54) is 11.8 Å². The second kappa shape index (κ2) is 7.09. The molecule has 1 aliphatic rings. The van der Waals surface area contributed by atoms with Crippen LogP contribution in [0, 0.1) is 0 Å². The van der Waals surface area contributed by atoms with E-state index in [2.05, 4.69) is 22.4 Å². The number of carbonyl (C=O) groups excluding carboxylic acids is 1. The van der Waals surface area contributed by atoms with Crippen molar-refractivity contribution in [3.63, 3.8) is 0 Å². The number of unbranched alkanes of at least 4 members (excludes halogenated alkanes) is 1. The lowest BCUT2D eigenvalue weighted by atomic mass is 10.2. The van der Waals surface area contributed by atoms with Gasteiger partial charge < -0.3 is 5.32 Å². The molecule has 0 saturated carbocycles. The molecule has 2 rings (SSSR count). The highest BCUT2D eigenvalue weighted by atomic mass is 32.2. The van der Waals surface area contributed by atoms with Crippen molar-refractivity contribution < 1.29 is 4.79 Å². The van der Waals surface area contributed by atoms with E-state index in [1.54, 1.807) is 6.21 Å². The molecular weight excluding hydrogens is 258 g/mol. The molecule has 1 aliphatic heterocycles. The Hall–Kier alpha value is -1.62. The van der Waals surface area contributed by atoms with Crippen molar-refractivity contribution in [3.8, 4) is 0 Å². The van der Waals surface area contributed by atoms with Gasteiger partial charge in [-0.25, -0.2) is 0 Å². The van der Waals surface area contributed by atoms with E-state index in [-0.39, 0.29) is 11.2 Å². The molecule has 0 aromatic heterocycles. The number of amidine groups is 1. The molecule has 0 aliphatic carbocycles. The van der Waals surface area contributed by atoms with Gasteiger partial charge in [-0.2, -0.15) is 5.10 Å². The van der Waals surface area contributed by atoms with Crippen LogP contribution in [0.2, 0.25) is 0 Å². The smallest absolute Gasteiger partial charge is 0.239 e.